The summed E-state index contributed by atoms with van der Waals surface area (Å²) < 4.78 is 13.5. The van der Waals surface area contributed by atoms with Crippen LogP contribution in [-0.4, -0.2) is 5.11 Å². The van der Waals surface area contributed by atoms with Crippen LogP contribution >= 0.6 is 12.2 Å². The van der Waals surface area contributed by atoms with Gasteiger partial charge in [-0.25, -0.2) is 4.39 Å². The van der Waals surface area contributed by atoms with Crippen LogP contribution in [-0.2, 0) is 6.54 Å². The molecule has 0 aliphatic rings. The van der Waals surface area contributed by atoms with Gasteiger partial charge in [0.05, 0.1) is 0 Å². The summed E-state index contributed by atoms with van der Waals surface area (Å²) in [6, 6.07) is 14.8. The van der Waals surface area contributed by atoms with E-state index in [1.165, 1.54) is 11.6 Å². The van der Waals surface area contributed by atoms with Crippen molar-refractivity contribution < 1.29 is 4.39 Å². The van der Waals surface area contributed by atoms with E-state index < -0.39 is 0 Å². The van der Waals surface area contributed by atoms with Gasteiger partial charge in [-0.15, -0.1) is 0 Å². The quantitative estimate of drug-likeness (QED) is 0.817. The summed E-state index contributed by atoms with van der Waals surface area (Å²) in [6.45, 7) is 4.68. The van der Waals surface area contributed by atoms with Gasteiger partial charge in [0, 0.05) is 17.8 Å². The minimum atomic E-state index is -0.228. The van der Waals surface area contributed by atoms with Crippen LogP contribution in [0.2, 0.25) is 0 Å². The van der Waals surface area contributed by atoms with Crippen LogP contribution < -0.4 is 10.6 Å². The number of hydrogen-bond acceptors (Lipinski definition) is 1. The average molecular weight is 302 g/mol. The summed E-state index contributed by atoms with van der Waals surface area (Å²) in [7, 11) is 0. The Morgan fingerprint density at radius 3 is 2.38 bits per heavy atom. The summed E-state index contributed by atoms with van der Waals surface area (Å²) in [6.07, 6.45) is 0. The van der Waals surface area contributed by atoms with Crippen molar-refractivity contribution in [2.45, 2.75) is 26.3 Å². The molecule has 0 radical (unpaired) electrons. The molecule has 0 aliphatic heterocycles. The number of hydrogen-bond donors (Lipinski definition) is 2. The van der Waals surface area contributed by atoms with Gasteiger partial charge in [-0.2, -0.15) is 0 Å². The van der Waals surface area contributed by atoms with E-state index in [4.69, 9.17) is 12.2 Å². The Labute approximate surface area is 130 Å². The Hall–Kier alpha value is -1.94. The maximum atomic E-state index is 13.5. The Morgan fingerprint density at radius 2 is 1.76 bits per heavy atom. The Morgan fingerprint density at radius 1 is 1.10 bits per heavy atom. The maximum absolute atomic E-state index is 13.5. The molecule has 0 aliphatic carbocycles. The molecule has 4 heteroatoms. The van der Waals surface area contributed by atoms with Gasteiger partial charge in [0.25, 0.3) is 0 Å². The van der Waals surface area contributed by atoms with Gasteiger partial charge in [-0.1, -0.05) is 44.2 Å². The third-order valence-corrected chi connectivity index (χ3v) is 3.48. The summed E-state index contributed by atoms with van der Waals surface area (Å²) in [4.78, 5) is 0. The number of nitrogens with one attached hydrogen (secondary N) is 2. The van der Waals surface area contributed by atoms with E-state index in [0.717, 1.165) is 5.69 Å². The lowest BCUT2D eigenvalue weighted by molar-refractivity contribution is 0.606. The molecule has 0 unspecified atom stereocenters. The molecule has 2 rings (SSSR count). The van der Waals surface area contributed by atoms with Crippen LogP contribution in [0.3, 0.4) is 0 Å². The predicted octanol–water partition coefficient (Wildman–Crippen LogP) is 4.44. The van der Waals surface area contributed by atoms with Crippen molar-refractivity contribution >= 4 is 23.0 Å². The van der Waals surface area contributed by atoms with Crippen molar-refractivity contribution in [1.82, 2.24) is 5.32 Å². The van der Waals surface area contributed by atoms with E-state index in [1.807, 2.05) is 12.1 Å². The Balaban J connectivity index is 1.88. The van der Waals surface area contributed by atoms with Gasteiger partial charge >= 0.3 is 0 Å². The molecule has 2 aromatic carbocycles. The number of benzene rings is 2. The van der Waals surface area contributed by atoms with E-state index in [-0.39, 0.29) is 5.82 Å². The van der Waals surface area contributed by atoms with E-state index in [2.05, 4.69) is 36.6 Å². The monoisotopic (exact) mass is 302 g/mol. The number of anilines is 1. The normalized spacial score (nSPS) is 10.5. The summed E-state index contributed by atoms with van der Waals surface area (Å²) in [5, 5.41) is 6.58. The topological polar surface area (TPSA) is 24.1 Å². The lowest BCUT2D eigenvalue weighted by Crippen LogP contribution is -2.28. The highest BCUT2D eigenvalue weighted by Gasteiger charge is 2.03. The van der Waals surface area contributed by atoms with Crippen molar-refractivity contribution in [3.8, 4) is 0 Å². The number of halogens is 1. The first-order valence-corrected chi connectivity index (χ1v) is 7.35. The van der Waals surface area contributed by atoms with Crippen LogP contribution in [0.5, 0.6) is 0 Å². The summed E-state index contributed by atoms with van der Waals surface area (Å²) in [5.41, 5.74) is 2.80. The van der Waals surface area contributed by atoms with Crippen molar-refractivity contribution in [3.05, 3.63) is 65.5 Å². The van der Waals surface area contributed by atoms with E-state index in [0.29, 0.717) is 23.1 Å². The highest BCUT2D eigenvalue weighted by atomic mass is 32.1. The Kier molecular flexibility index (Phi) is 5.28. The molecule has 0 heterocycles. The molecule has 0 atom stereocenters. The molecule has 0 fully saturated rings. The van der Waals surface area contributed by atoms with Crippen molar-refractivity contribution in [3.63, 3.8) is 0 Å². The molecule has 21 heavy (non-hydrogen) atoms. The highest BCUT2D eigenvalue weighted by molar-refractivity contribution is 7.80. The minimum absolute atomic E-state index is 0.228. The maximum Gasteiger partial charge on any atom is 0.171 e. The molecule has 0 amide bonds. The van der Waals surface area contributed by atoms with E-state index in [1.54, 1.807) is 18.2 Å². The van der Waals surface area contributed by atoms with Gasteiger partial charge in [0.2, 0.25) is 0 Å². The summed E-state index contributed by atoms with van der Waals surface area (Å²) in [5.74, 6) is 0.277. The molecular formula is C17H19FN2S. The highest BCUT2D eigenvalue weighted by Crippen LogP contribution is 2.17. The van der Waals surface area contributed by atoms with Crippen molar-refractivity contribution in [1.29, 1.82) is 0 Å². The van der Waals surface area contributed by atoms with Gasteiger partial charge in [0.15, 0.2) is 5.11 Å². The van der Waals surface area contributed by atoms with Gasteiger partial charge in [0.1, 0.15) is 5.82 Å². The first-order chi connectivity index (χ1) is 10.1. The fourth-order valence-electron chi connectivity index (χ4n) is 1.94. The zero-order valence-electron chi connectivity index (χ0n) is 12.2. The fourth-order valence-corrected chi connectivity index (χ4v) is 2.13. The standard InChI is InChI=1S/C17H19FN2S/c1-12(2)13-7-9-15(10-8-13)20-17(21)19-11-14-5-3-4-6-16(14)18/h3-10,12H,11H2,1-2H3,(H2,19,20,21). The summed E-state index contributed by atoms with van der Waals surface area (Å²) >= 11 is 5.22. The molecule has 2 aromatic rings. The van der Waals surface area contributed by atoms with Gasteiger partial charge in [-0.3, -0.25) is 0 Å². The van der Waals surface area contributed by atoms with Crippen LogP contribution in [0, 0.1) is 5.82 Å². The zero-order valence-corrected chi connectivity index (χ0v) is 13.0. The molecule has 0 saturated carbocycles. The molecule has 0 bridgehead atoms. The second-order valence-electron chi connectivity index (χ2n) is 5.18. The first kappa shape index (κ1) is 15.4. The van der Waals surface area contributed by atoms with Crippen molar-refractivity contribution in [2.24, 2.45) is 0 Å². The number of rotatable bonds is 4. The lowest BCUT2D eigenvalue weighted by Gasteiger charge is -2.12. The minimum Gasteiger partial charge on any atom is -0.358 e. The van der Waals surface area contributed by atoms with Crippen LogP contribution in [0.1, 0.15) is 30.9 Å². The second kappa shape index (κ2) is 7.18. The third kappa shape index (κ3) is 4.53. The molecule has 2 N–H and O–H groups in total. The lowest BCUT2D eigenvalue weighted by atomic mass is 10.0. The molecule has 0 aromatic heterocycles. The zero-order chi connectivity index (χ0) is 15.2. The second-order valence-corrected chi connectivity index (χ2v) is 5.58. The van der Waals surface area contributed by atoms with E-state index >= 15 is 0 Å². The van der Waals surface area contributed by atoms with Crippen LogP contribution in [0.15, 0.2) is 48.5 Å². The third-order valence-electron chi connectivity index (χ3n) is 3.23. The Bertz CT molecular complexity index is 608. The molecule has 0 spiro atoms. The first-order valence-electron chi connectivity index (χ1n) is 6.94. The molecule has 0 saturated heterocycles. The SMILES string of the molecule is CC(C)c1ccc(NC(=S)NCc2ccccc2F)cc1. The van der Waals surface area contributed by atoms with Crippen molar-refractivity contribution in [2.75, 3.05) is 5.32 Å². The molecular weight excluding hydrogens is 283 g/mol. The largest absolute Gasteiger partial charge is 0.358 e. The predicted molar refractivity (Wildman–Crippen MR) is 90.0 cm³/mol. The smallest absolute Gasteiger partial charge is 0.171 e. The average Bonchev–Trinajstić information content (AvgIpc) is 2.47. The van der Waals surface area contributed by atoms with Gasteiger partial charge < -0.3 is 10.6 Å². The number of thiocarbonyl (C=S) groups is 1. The molecule has 2 nitrogen and oxygen atoms in total. The fraction of sp³-hybridized carbons (Fsp3) is 0.235. The van der Waals surface area contributed by atoms with Gasteiger partial charge in [-0.05, 0) is 41.9 Å². The molecule has 110 valence electrons. The van der Waals surface area contributed by atoms with E-state index in [9.17, 15) is 4.39 Å². The van der Waals surface area contributed by atoms with Crippen LogP contribution in [0.4, 0.5) is 10.1 Å². The van der Waals surface area contributed by atoms with Crippen LogP contribution in [0.25, 0.3) is 0 Å².